The number of fused-ring (bicyclic) bond motifs is 1. The molecule has 158 valence electrons. The van der Waals surface area contributed by atoms with Gasteiger partial charge in [-0.3, -0.25) is 4.79 Å². The van der Waals surface area contributed by atoms with Crippen molar-refractivity contribution in [2.24, 2.45) is 0 Å². The second kappa shape index (κ2) is 9.53. The quantitative estimate of drug-likeness (QED) is 0.628. The number of morpholine rings is 1. The number of thioether (sulfide) groups is 1. The number of hydrogen-bond donors (Lipinski definition) is 1. The van der Waals surface area contributed by atoms with Crippen molar-refractivity contribution in [1.82, 2.24) is 14.9 Å². The lowest BCUT2D eigenvalue weighted by Gasteiger charge is -2.29. The Morgan fingerprint density at radius 2 is 1.90 bits per heavy atom. The maximum atomic E-state index is 12.8. The minimum atomic E-state index is -0.0602. The lowest BCUT2D eigenvalue weighted by molar-refractivity contribution is -0.122. The van der Waals surface area contributed by atoms with Crippen LogP contribution in [0.15, 0.2) is 48.5 Å². The SMILES string of the molecule is CSCc1nc2ccccc2n1CC(=O)NC(C)c1ccc(N2CCOCC2)cc1. The summed E-state index contributed by atoms with van der Waals surface area (Å²) >= 11 is 1.71. The minimum absolute atomic E-state index is 0.00902. The van der Waals surface area contributed by atoms with Gasteiger partial charge < -0.3 is 19.5 Å². The zero-order valence-corrected chi connectivity index (χ0v) is 18.3. The molecule has 0 aliphatic carbocycles. The van der Waals surface area contributed by atoms with Gasteiger partial charge in [0.1, 0.15) is 12.4 Å². The maximum Gasteiger partial charge on any atom is 0.240 e. The van der Waals surface area contributed by atoms with Crippen molar-refractivity contribution in [2.75, 3.05) is 37.5 Å². The molecule has 1 N–H and O–H groups in total. The van der Waals surface area contributed by atoms with E-state index in [4.69, 9.17) is 9.72 Å². The fraction of sp³-hybridized carbons (Fsp3) is 0.391. The van der Waals surface area contributed by atoms with Crippen LogP contribution < -0.4 is 10.2 Å². The Labute approximate surface area is 181 Å². The summed E-state index contributed by atoms with van der Waals surface area (Å²) in [4.78, 5) is 19.8. The van der Waals surface area contributed by atoms with Gasteiger partial charge in [0, 0.05) is 18.8 Å². The van der Waals surface area contributed by atoms with Gasteiger partial charge in [-0.2, -0.15) is 11.8 Å². The zero-order chi connectivity index (χ0) is 20.9. The Bertz CT molecular complexity index is 996. The Morgan fingerprint density at radius 3 is 2.63 bits per heavy atom. The van der Waals surface area contributed by atoms with E-state index in [2.05, 4.69) is 34.5 Å². The molecule has 0 radical (unpaired) electrons. The van der Waals surface area contributed by atoms with E-state index in [0.717, 1.165) is 54.5 Å². The molecule has 0 spiro atoms. The molecule has 30 heavy (non-hydrogen) atoms. The van der Waals surface area contributed by atoms with E-state index in [1.165, 1.54) is 5.69 Å². The first-order valence-corrected chi connectivity index (χ1v) is 11.7. The molecule has 1 aliphatic heterocycles. The van der Waals surface area contributed by atoms with Crippen molar-refractivity contribution >= 4 is 34.4 Å². The molecule has 0 saturated carbocycles. The minimum Gasteiger partial charge on any atom is -0.378 e. The van der Waals surface area contributed by atoms with E-state index in [9.17, 15) is 4.79 Å². The number of anilines is 1. The molecule has 1 aliphatic rings. The highest BCUT2D eigenvalue weighted by Crippen LogP contribution is 2.21. The number of aromatic nitrogens is 2. The number of nitrogens with zero attached hydrogens (tertiary/aromatic N) is 3. The first kappa shape index (κ1) is 20.8. The van der Waals surface area contributed by atoms with E-state index in [1.54, 1.807) is 11.8 Å². The summed E-state index contributed by atoms with van der Waals surface area (Å²) in [6.07, 6.45) is 2.05. The summed E-state index contributed by atoms with van der Waals surface area (Å²) in [5.74, 6) is 1.70. The van der Waals surface area contributed by atoms with Gasteiger partial charge in [-0.15, -0.1) is 0 Å². The third-order valence-corrected chi connectivity index (χ3v) is 6.00. The van der Waals surface area contributed by atoms with Gasteiger partial charge >= 0.3 is 0 Å². The van der Waals surface area contributed by atoms with Crippen molar-refractivity contribution in [3.63, 3.8) is 0 Å². The molecule has 1 fully saturated rings. The van der Waals surface area contributed by atoms with Gasteiger partial charge in [-0.05, 0) is 43.0 Å². The Balaban J connectivity index is 1.43. The van der Waals surface area contributed by atoms with Crippen LogP contribution in [-0.4, -0.2) is 48.0 Å². The van der Waals surface area contributed by atoms with E-state index in [1.807, 2.05) is 42.0 Å². The maximum absolute atomic E-state index is 12.8. The number of hydrogen-bond acceptors (Lipinski definition) is 5. The van der Waals surface area contributed by atoms with Crippen molar-refractivity contribution in [1.29, 1.82) is 0 Å². The zero-order valence-electron chi connectivity index (χ0n) is 17.5. The van der Waals surface area contributed by atoms with Crippen LogP contribution in [-0.2, 0) is 21.8 Å². The smallest absolute Gasteiger partial charge is 0.240 e. The number of rotatable bonds is 7. The van der Waals surface area contributed by atoms with Gasteiger partial charge in [0.05, 0.1) is 36.0 Å². The fourth-order valence-corrected chi connectivity index (χ4v) is 4.33. The standard InChI is InChI=1S/C23H28N4O2S/c1-17(18-7-9-19(10-8-18)26-11-13-29-14-12-26)24-23(28)15-27-21-6-4-3-5-20(21)25-22(27)16-30-2/h3-10,17H,11-16H2,1-2H3,(H,24,28). The number of nitrogens with one attached hydrogen (secondary N) is 1. The predicted molar refractivity (Wildman–Crippen MR) is 123 cm³/mol. The summed E-state index contributed by atoms with van der Waals surface area (Å²) in [7, 11) is 0. The van der Waals surface area contributed by atoms with Crippen LogP contribution in [0.5, 0.6) is 0 Å². The van der Waals surface area contributed by atoms with Gasteiger partial charge in [-0.25, -0.2) is 4.98 Å². The van der Waals surface area contributed by atoms with Crippen molar-refractivity contribution < 1.29 is 9.53 Å². The highest BCUT2D eigenvalue weighted by atomic mass is 32.2. The topological polar surface area (TPSA) is 59.4 Å². The molecule has 1 aromatic heterocycles. The summed E-state index contributed by atoms with van der Waals surface area (Å²) in [5.41, 5.74) is 4.23. The summed E-state index contributed by atoms with van der Waals surface area (Å²) in [6.45, 7) is 5.68. The summed E-state index contributed by atoms with van der Waals surface area (Å²) in [6, 6.07) is 16.4. The van der Waals surface area contributed by atoms with Gasteiger partial charge in [0.15, 0.2) is 0 Å². The lowest BCUT2D eigenvalue weighted by Crippen LogP contribution is -2.36. The average Bonchev–Trinajstić information content (AvgIpc) is 3.12. The fourth-order valence-electron chi connectivity index (χ4n) is 3.85. The van der Waals surface area contributed by atoms with Crippen LogP contribution in [0.2, 0.25) is 0 Å². The van der Waals surface area contributed by atoms with E-state index < -0.39 is 0 Å². The van der Waals surface area contributed by atoms with Crippen LogP contribution in [0, 0.1) is 0 Å². The van der Waals surface area contributed by atoms with Gasteiger partial charge in [0.25, 0.3) is 0 Å². The number of carbonyl (C=O) groups excluding carboxylic acids is 1. The second-order valence-corrected chi connectivity index (χ2v) is 8.38. The first-order valence-electron chi connectivity index (χ1n) is 10.3. The van der Waals surface area contributed by atoms with Crippen LogP contribution in [0.25, 0.3) is 11.0 Å². The molecular formula is C23H28N4O2S. The third kappa shape index (κ3) is 4.63. The van der Waals surface area contributed by atoms with E-state index in [0.29, 0.717) is 0 Å². The van der Waals surface area contributed by atoms with E-state index in [-0.39, 0.29) is 18.5 Å². The average molecular weight is 425 g/mol. The molecule has 3 aromatic rings. The summed E-state index contributed by atoms with van der Waals surface area (Å²) in [5, 5.41) is 3.14. The van der Waals surface area contributed by atoms with Crippen molar-refractivity contribution in [3.05, 3.63) is 59.9 Å². The molecule has 2 aromatic carbocycles. The molecule has 1 saturated heterocycles. The van der Waals surface area contributed by atoms with Crippen LogP contribution in [0.3, 0.4) is 0 Å². The Morgan fingerprint density at radius 1 is 1.17 bits per heavy atom. The van der Waals surface area contributed by atoms with Crippen LogP contribution >= 0.6 is 11.8 Å². The van der Waals surface area contributed by atoms with Gasteiger partial charge in [-0.1, -0.05) is 24.3 Å². The van der Waals surface area contributed by atoms with Crippen molar-refractivity contribution in [2.45, 2.75) is 25.3 Å². The third-order valence-electron chi connectivity index (χ3n) is 5.46. The van der Waals surface area contributed by atoms with Gasteiger partial charge in [0.2, 0.25) is 5.91 Å². The lowest BCUT2D eigenvalue weighted by atomic mass is 10.1. The number of benzene rings is 2. The second-order valence-electron chi connectivity index (χ2n) is 7.52. The van der Waals surface area contributed by atoms with Crippen molar-refractivity contribution in [3.8, 4) is 0 Å². The molecule has 7 heteroatoms. The monoisotopic (exact) mass is 424 g/mol. The highest BCUT2D eigenvalue weighted by Gasteiger charge is 2.16. The molecule has 6 nitrogen and oxygen atoms in total. The Hall–Kier alpha value is -2.51. The predicted octanol–water partition coefficient (Wildman–Crippen LogP) is 3.61. The molecule has 2 heterocycles. The van der Waals surface area contributed by atoms with E-state index >= 15 is 0 Å². The largest absolute Gasteiger partial charge is 0.378 e. The van der Waals surface area contributed by atoms with Crippen LogP contribution in [0.1, 0.15) is 24.4 Å². The normalized spacial score (nSPS) is 15.3. The molecule has 0 bridgehead atoms. The van der Waals surface area contributed by atoms with Crippen LogP contribution in [0.4, 0.5) is 5.69 Å². The highest BCUT2D eigenvalue weighted by molar-refractivity contribution is 7.97. The molecule has 1 unspecified atom stereocenters. The molecule has 1 atom stereocenters. The molecule has 1 amide bonds. The number of carbonyl (C=O) groups is 1. The number of imidazole rings is 1. The summed E-state index contributed by atoms with van der Waals surface area (Å²) < 4.78 is 7.45. The first-order chi connectivity index (χ1) is 14.7. The number of para-hydroxylation sites is 2. The number of ether oxygens (including phenoxy) is 1. The Kier molecular flexibility index (Phi) is 6.59. The molecular weight excluding hydrogens is 396 g/mol. The molecule has 4 rings (SSSR count). The number of amides is 1.